The Bertz CT molecular complexity index is 285. The van der Waals surface area contributed by atoms with Gasteiger partial charge in [-0.1, -0.05) is 19.3 Å². The molecule has 2 nitrogen and oxygen atoms in total. The molecule has 0 aromatic rings. The van der Waals surface area contributed by atoms with E-state index in [-0.39, 0.29) is 6.10 Å². The van der Waals surface area contributed by atoms with E-state index in [1.807, 2.05) is 0 Å². The number of hydrogen-bond donors (Lipinski definition) is 1. The van der Waals surface area contributed by atoms with Crippen molar-refractivity contribution < 1.29 is 5.11 Å². The average molecular weight is 251 g/mol. The molecule has 1 spiro atoms. The van der Waals surface area contributed by atoms with E-state index < -0.39 is 0 Å². The van der Waals surface area contributed by atoms with Crippen LogP contribution in [0.3, 0.4) is 0 Å². The first kappa shape index (κ1) is 12.9. The van der Waals surface area contributed by atoms with E-state index in [1.54, 1.807) is 0 Å². The van der Waals surface area contributed by atoms with Crippen molar-refractivity contribution >= 4 is 0 Å². The minimum Gasteiger partial charge on any atom is -0.393 e. The molecule has 18 heavy (non-hydrogen) atoms. The van der Waals surface area contributed by atoms with Crippen LogP contribution in [-0.2, 0) is 0 Å². The Kier molecular flexibility index (Phi) is 3.68. The molecule has 0 radical (unpaired) electrons. The van der Waals surface area contributed by atoms with Crippen molar-refractivity contribution in [1.82, 2.24) is 4.90 Å². The third kappa shape index (κ3) is 2.22. The Hall–Kier alpha value is -0.0800. The Morgan fingerprint density at radius 1 is 1.00 bits per heavy atom. The highest BCUT2D eigenvalue weighted by atomic mass is 16.3. The van der Waals surface area contributed by atoms with E-state index in [4.69, 9.17) is 0 Å². The van der Waals surface area contributed by atoms with Crippen LogP contribution in [0.2, 0.25) is 0 Å². The lowest BCUT2D eigenvalue weighted by Gasteiger charge is -2.52. The molecule has 0 aromatic heterocycles. The number of hydrogen-bond acceptors (Lipinski definition) is 2. The second kappa shape index (κ2) is 5.13. The zero-order chi connectivity index (χ0) is 12.6. The summed E-state index contributed by atoms with van der Waals surface area (Å²) in [5, 5.41) is 10.1. The van der Waals surface area contributed by atoms with Gasteiger partial charge in [0.1, 0.15) is 0 Å². The summed E-state index contributed by atoms with van der Waals surface area (Å²) in [6, 6.07) is 1.42. The van der Waals surface area contributed by atoms with Gasteiger partial charge in [-0.05, 0) is 63.8 Å². The molecule has 1 N–H and O–H groups in total. The average Bonchev–Trinajstić information content (AvgIpc) is 2.83. The van der Waals surface area contributed by atoms with E-state index in [0.717, 1.165) is 18.9 Å². The fourth-order valence-electron chi connectivity index (χ4n) is 4.98. The second-order valence-corrected chi connectivity index (χ2v) is 7.10. The van der Waals surface area contributed by atoms with Crippen molar-refractivity contribution in [3.63, 3.8) is 0 Å². The number of nitrogens with zero attached hydrogens (tertiary/aromatic N) is 1. The van der Waals surface area contributed by atoms with Crippen molar-refractivity contribution in [2.45, 2.75) is 89.3 Å². The van der Waals surface area contributed by atoms with E-state index in [0.29, 0.717) is 11.5 Å². The number of likely N-dealkylation sites (tertiary alicyclic amines) is 1. The largest absolute Gasteiger partial charge is 0.393 e. The van der Waals surface area contributed by atoms with Gasteiger partial charge >= 0.3 is 0 Å². The molecule has 1 saturated heterocycles. The fraction of sp³-hybridized carbons (Fsp3) is 1.00. The van der Waals surface area contributed by atoms with Crippen molar-refractivity contribution in [2.75, 3.05) is 6.54 Å². The van der Waals surface area contributed by atoms with E-state index in [2.05, 4.69) is 11.8 Å². The van der Waals surface area contributed by atoms with Crippen LogP contribution >= 0.6 is 0 Å². The van der Waals surface area contributed by atoms with Gasteiger partial charge in [0.15, 0.2) is 0 Å². The summed E-state index contributed by atoms with van der Waals surface area (Å²) in [6.07, 6.45) is 13.2. The van der Waals surface area contributed by atoms with Crippen molar-refractivity contribution in [1.29, 1.82) is 0 Å². The Morgan fingerprint density at radius 3 is 2.50 bits per heavy atom. The molecule has 2 aliphatic carbocycles. The molecule has 0 amide bonds. The highest BCUT2D eigenvalue weighted by molar-refractivity contribution is 5.01. The van der Waals surface area contributed by atoms with Gasteiger partial charge in [0.2, 0.25) is 0 Å². The molecule has 3 atom stereocenters. The summed E-state index contributed by atoms with van der Waals surface area (Å²) in [6.45, 7) is 3.68. The molecular formula is C16H29NO. The Labute approximate surface area is 112 Å². The van der Waals surface area contributed by atoms with Gasteiger partial charge < -0.3 is 5.11 Å². The summed E-state index contributed by atoms with van der Waals surface area (Å²) in [4.78, 5) is 2.78. The lowest BCUT2D eigenvalue weighted by Crippen LogP contribution is -2.55. The van der Waals surface area contributed by atoms with Crippen LogP contribution in [0.4, 0.5) is 0 Å². The third-order valence-electron chi connectivity index (χ3n) is 6.03. The summed E-state index contributed by atoms with van der Waals surface area (Å²) in [5.74, 6) is 0. The van der Waals surface area contributed by atoms with E-state index in [1.165, 1.54) is 57.9 Å². The maximum atomic E-state index is 10.1. The van der Waals surface area contributed by atoms with Crippen LogP contribution in [0.15, 0.2) is 0 Å². The number of aliphatic hydroxyl groups is 1. The molecule has 3 unspecified atom stereocenters. The number of aliphatic hydroxyl groups excluding tert-OH is 1. The van der Waals surface area contributed by atoms with Crippen molar-refractivity contribution in [3.05, 3.63) is 0 Å². The van der Waals surface area contributed by atoms with Gasteiger partial charge in [-0.15, -0.1) is 0 Å². The minimum atomic E-state index is -0.0321. The fourth-order valence-corrected chi connectivity index (χ4v) is 4.98. The summed E-state index contributed by atoms with van der Waals surface area (Å²) < 4.78 is 0. The Balaban J connectivity index is 1.80. The standard InChI is InChI=1S/C16H29NO/c1-13-6-2-5-11-17(13)15-12-14(18)7-10-16(15)8-3-4-9-16/h13-15,18H,2-12H2,1H3. The molecule has 2 saturated carbocycles. The first-order chi connectivity index (χ1) is 8.71. The Morgan fingerprint density at radius 2 is 1.78 bits per heavy atom. The quantitative estimate of drug-likeness (QED) is 0.772. The summed E-state index contributed by atoms with van der Waals surface area (Å²) in [5.41, 5.74) is 0.574. The molecule has 2 heteroatoms. The molecule has 1 heterocycles. The van der Waals surface area contributed by atoms with Crippen LogP contribution in [0.25, 0.3) is 0 Å². The summed E-state index contributed by atoms with van der Waals surface area (Å²) >= 11 is 0. The minimum absolute atomic E-state index is 0.0321. The first-order valence-corrected chi connectivity index (χ1v) is 8.15. The van der Waals surface area contributed by atoms with Gasteiger partial charge in [-0.25, -0.2) is 0 Å². The van der Waals surface area contributed by atoms with Crippen LogP contribution < -0.4 is 0 Å². The highest BCUT2D eigenvalue weighted by Gasteiger charge is 2.48. The zero-order valence-electron chi connectivity index (χ0n) is 11.9. The normalized spacial score (nSPS) is 41.3. The predicted octanol–water partition coefficient (Wildman–Crippen LogP) is 3.33. The lowest BCUT2D eigenvalue weighted by molar-refractivity contribution is -0.0498. The maximum Gasteiger partial charge on any atom is 0.0555 e. The molecular weight excluding hydrogens is 222 g/mol. The monoisotopic (exact) mass is 251 g/mol. The predicted molar refractivity (Wildman–Crippen MR) is 74.6 cm³/mol. The molecule has 1 aliphatic heterocycles. The van der Waals surface area contributed by atoms with Crippen LogP contribution in [0.1, 0.15) is 71.1 Å². The smallest absolute Gasteiger partial charge is 0.0555 e. The van der Waals surface area contributed by atoms with Crippen LogP contribution in [-0.4, -0.2) is 34.7 Å². The highest BCUT2D eigenvalue weighted by Crippen LogP contribution is 2.51. The molecule has 3 rings (SSSR count). The lowest BCUT2D eigenvalue weighted by atomic mass is 9.67. The van der Waals surface area contributed by atoms with Crippen molar-refractivity contribution in [2.24, 2.45) is 5.41 Å². The molecule has 3 aliphatic rings. The van der Waals surface area contributed by atoms with Gasteiger partial charge in [-0.2, -0.15) is 0 Å². The van der Waals surface area contributed by atoms with Crippen LogP contribution in [0, 0.1) is 5.41 Å². The summed E-state index contributed by atoms with van der Waals surface area (Å²) in [7, 11) is 0. The van der Waals surface area contributed by atoms with Crippen LogP contribution in [0.5, 0.6) is 0 Å². The van der Waals surface area contributed by atoms with Gasteiger partial charge in [0.25, 0.3) is 0 Å². The second-order valence-electron chi connectivity index (χ2n) is 7.10. The van der Waals surface area contributed by atoms with E-state index in [9.17, 15) is 5.11 Å². The van der Waals surface area contributed by atoms with Crippen molar-refractivity contribution in [3.8, 4) is 0 Å². The molecule has 3 fully saturated rings. The molecule has 104 valence electrons. The number of rotatable bonds is 1. The van der Waals surface area contributed by atoms with Gasteiger partial charge in [0, 0.05) is 12.1 Å². The van der Waals surface area contributed by atoms with Gasteiger partial charge in [0.05, 0.1) is 6.10 Å². The number of piperidine rings is 1. The topological polar surface area (TPSA) is 23.5 Å². The zero-order valence-corrected chi connectivity index (χ0v) is 11.9. The molecule has 0 aromatic carbocycles. The molecule has 0 bridgehead atoms. The third-order valence-corrected chi connectivity index (χ3v) is 6.03. The maximum absolute atomic E-state index is 10.1. The SMILES string of the molecule is CC1CCCCN1C1CC(O)CCC12CCCC2. The van der Waals surface area contributed by atoms with Gasteiger partial charge in [-0.3, -0.25) is 4.90 Å². The first-order valence-electron chi connectivity index (χ1n) is 8.15. The van der Waals surface area contributed by atoms with E-state index >= 15 is 0 Å².